The molecule has 0 aromatic carbocycles. The number of aromatic nitrogens is 9. The Labute approximate surface area is 516 Å². The first-order valence-corrected chi connectivity index (χ1v) is 31.7. The number of hydrogen-bond acceptors (Lipinski definition) is 34. The molecule has 0 radical (unpaired) electrons. The summed E-state index contributed by atoms with van der Waals surface area (Å²) in [6.45, 7) is 5.93. The third-order valence-corrected chi connectivity index (χ3v) is 19.7. The van der Waals surface area contributed by atoms with E-state index >= 15 is 0 Å². The molecule has 17 N–H and O–H groups in total. The van der Waals surface area contributed by atoms with E-state index in [0.717, 1.165) is 51.4 Å². The number of nitrogens with two attached hydrogens (primary N) is 5. The fourth-order valence-electron chi connectivity index (χ4n) is 11.7. The summed E-state index contributed by atoms with van der Waals surface area (Å²) in [6.07, 6.45) is -14.1. The first kappa shape index (κ1) is 62.7. The number of carbonyl (C=O) groups excluding carboxylic acids is 2. The van der Waals surface area contributed by atoms with Gasteiger partial charge in [0.1, 0.15) is 94.3 Å². The van der Waals surface area contributed by atoms with Gasteiger partial charge in [0.05, 0.1) is 18.8 Å². The molecule has 2 saturated carbocycles. The summed E-state index contributed by atoms with van der Waals surface area (Å²) in [4.78, 5) is 94.2. The molecule has 4 saturated heterocycles. The quantitative estimate of drug-likeness (QED) is 0.0339. The number of aliphatic hydroxyl groups is 5. The molecule has 3 unspecified atom stereocenters. The molecule has 6 aromatic rings. The predicted molar refractivity (Wildman–Crippen MR) is 321 cm³/mol. The summed E-state index contributed by atoms with van der Waals surface area (Å²) < 4.78 is 47.2. The molecule has 34 nitrogen and oxygen atoms in total. The third kappa shape index (κ3) is 12.1. The van der Waals surface area contributed by atoms with E-state index in [9.17, 15) is 49.5 Å². The van der Waals surface area contributed by atoms with Crippen molar-refractivity contribution in [1.29, 1.82) is 0 Å². The highest BCUT2D eigenvalue weighted by molar-refractivity contribution is 7.17. The van der Waals surface area contributed by atoms with E-state index in [2.05, 4.69) is 40.5 Å². The second-order valence-corrected chi connectivity index (χ2v) is 26.7. The zero-order valence-electron chi connectivity index (χ0n) is 48.5. The number of nitrogen functional groups attached to an aromatic ring is 3. The van der Waals surface area contributed by atoms with Gasteiger partial charge in [-0.25, -0.2) is 0 Å². The van der Waals surface area contributed by atoms with Gasteiger partial charge in [-0.3, -0.25) is 37.7 Å². The van der Waals surface area contributed by atoms with Crippen LogP contribution >= 0.6 is 34.0 Å². The monoisotopic (exact) mass is 1300 g/mol. The van der Waals surface area contributed by atoms with Gasteiger partial charge in [-0.1, -0.05) is 61.7 Å². The minimum atomic E-state index is -1.65. The zero-order valence-corrected chi connectivity index (χ0v) is 51.0. The molecular weight excluding hydrogens is 1230 g/mol. The van der Waals surface area contributed by atoms with Crippen LogP contribution in [0.2, 0.25) is 0 Å². The Hall–Kier alpha value is -6.43. The van der Waals surface area contributed by atoms with Crippen molar-refractivity contribution in [2.24, 2.45) is 23.3 Å². The summed E-state index contributed by atoms with van der Waals surface area (Å²) in [5.74, 6) is -1.67. The first-order valence-electron chi connectivity index (χ1n) is 29.2. The molecule has 4 aliphatic heterocycles. The van der Waals surface area contributed by atoms with E-state index in [1.165, 1.54) is 9.13 Å². The first-order chi connectivity index (χ1) is 42.5. The highest BCUT2D eigenvalue weighted by atomic mass is 32.1. The van der Waals surface area contributed by atoms with Crippen molar-refractivity contribution in [1.82, 2.24) is 43.6 Å². The second-order valence-electron chi connectivity index (χ2n) is 23.8. The van der Waals surface area contributed by atoms with Crippen LogP contribution in [0.5, 0.6) is 0 Å². The van der Waals surface area contributed by atoms with Crippen molar-refractivity contribution in [2.75, 3.05) is 65.6 Å². The number of nitrogens with zero attached hydrogens (tertiary/aromatic N) is 10. The van der Waals surface area contributed by atoms with Crippen molar-refractivity contribution >= 4 is 112 Å². The second kappa shape index (κ2) is 25.0. The number of carbonyl (C=O) groups is 2. The van der Waals surface area contributed by atoms with Gasteiger partial charge in [-0.05, 0) is 50.4 Å². The van der Waals surface area contributed by atoms with E-state index < -0.39 is 150 Å². The van der Waals surface area contributed by atoms with E-state index in [-0.39, 0.29) is 82.0 Å². The Balaban J connectivity index is 0.774. The van der Waals surface area contributed by atoms with E-state index in [1.54, 1.807) is 27.7 Å². The lowest BCUT2D eigenvalue weighted by molar-refractivity contribution is -0.153. The van der Waals surface area contributed by atoms with Crippen molar-refractivity contribution in [3.63, 3.8) is 0 Å². The number of rotatable bonds is 21. The standard InChI is InChI=1S/C52H71N17O17S3/c1-16(2)25(53)45(75)80-14-23-27(71)30(74)42(85-23)67-39-34(87-50(67)77)37(61-48(56)63-39)59-19-7-8-20(11-19)82-32-29(73)24(15-81-46(76)26(54)17(3)4)86-44(32)69-41-35(89-52(69)79)38(62-49(57)65-41)66-10-9-21(12-66)83-31-28(72)22(13-70)84-43(31)68-40-33(88-51(68)78)36(58-18-5-6-18)60-47(55)64-40/h16-32,42-44,70-74H,5-15,53-54H2,1-4H3,(H2,57,62,65)(H3,55,58,60,64)(H3,56,59,61,63)/t19?,20?,21?,22-,23-,24-,25+,26+,27-,28-,29-,30-,31-,32-,42-,43-,44-/m1/s1. The number of anilines is 6. The lowest BCUT2D eigenvalue weighted by Crippen LogP contribution is -2.41. The fourth-order valence-corrected chi connectivity index (χ4v) is 14.5. The minimum absolute atomic E-state index is 0.00418. The summed E-state index contributed by atoms with van der Waals surface area (Å²) in [5.41, 5.74) is 31.0. The molecule has 37 heteroatoms. The Morgan fingerprint density at radius 3 is 1.57 bits per heavy atom. The average Bonchev–Trinajstić information content (AvgIpc) is 1.65. The van der Waals surface area contributed by atoms with Crippen molar-refractivity contribution in [3.8, 4) is 0 Å². The van der Waals surface area contributed by atoms with Gasteiger partial charge in [0, 0.05) is 25.2 Å². The van der Waals surface area contributed by atoms with Crippen LogP contribution in [0.3, 0.4) is 0 Å². The fraction of sp³-hybridized carbons (Fsp3) is 0.673. The molecule has 6 aromatic heterocycles. The van der Waals surface area contributed by atoms with Crippen molar-refractivity contribution in [3.05, 3.63) is 29.0 Å². The van der Waals surface area contributed by atoms with Crippen LogP contribution in [-0.4, -0.2) is 205 Å². The largest absolute Gasteiger partial charge is 0.462 e. The van der Waals surface area contributed by atoms with Gasteiger partial charge in [0.25, 0.3) is 0 Å². The Kier molecular flexibility index (Phi) is 17.6. The lowest BCUT2D eigenvalue weighted by Gasteiger charge is -2.26. The summed E-state index contributed by atoms with van der Waals surface area (Å²) >= 11 is 2.41. The number of thiazole rings is 3. The van der Waals surface area contributed by atoms with Crippen LogP contribution in [-0.2, 0) is 42.7 Å². The molecule has 6 fully saturated rings. The minimum Gasteiger partial charge on any atom is -0.462 e. The predicted octanol–water partition coefficient (Wildman–Crippen LogP) is -2.23. The Morgan fingerprint density at radius 1 is 0.584 bits per heavy atom. The number of ether oxygens (including phenoxy) is 7. The van der Waals surface area contributed by atoms with Crippen LogP contribution in [0.15, 0.2) is 14.4 Å². The number of fused-ring (bicyclic) bond motifs is 3. The average molecular weight is 1300 g/mol. The van der Waals surface area contributed by atoms with Gasteiger partial charge in [0.15, 0.2) is 53.1 Å². The number of esters is 2. The van der Waals surface area contributed by atoms with Crippen molar-refractivity contribution < 1.29 is 68.3 Å². The van der Waals surface area contributed by atoms with Gasteiger partial charge >= 0.3 is 26.6 Å². The maximum absolute atomic E-state index is 14.5. The number of aliphatic hydroxyl groups excluding tert-OH is 5. The topological polar surface area (TPSA) is 501 Å². The molecule has 0 bridgehead atoms. The van der Waals surface area contributed by atoms with Gasteiger partial charge in [-0.15, -0.1) is 0 Å². The van der Waals surface area contributed by atoms with Crippen LogP contribution in [0, 0.1) is 11.8 Å². The van der Waals surface area contributed by atoms with E-state index in [4.69, 9.17) is 61.8 Å². The normalized spacial score (nSPS) is 30.4. The van der Waals surface area contributed by atoms with Crippen LogP contribution in [0.25, 0.3) is 31.0 Å². The molecule has 2 aliphatic carbocycles. The molecule has 6 aliphatic rings. The molecule has 10 heterocycles. The number of nitrogens with one attached hydrogen (secondary N) is 2. The van der Waals surface area contributed by atoms with Gasteiger partial charge in [0.2, 0.25) is 17.8 Å². The smallest absolute Gasteiger partial charge is 0.323 e. The molecule has 0 spiro atoms. The molecule has 0 amide bonds. The van der Waals surface area contributed by atoms with Crippen LogP contribution in [0.4, 0.5) is 35.3 Å². The maximum atomic E-state index is 14.5. The molecule has 12 rings (SSSR count). The molecule has 17 atom stereocenters. The van der Waals surface area contributed by atoms with E-state index in [0.29, 0.717) is 41.0 Å². The summed E-state index contributed by atoms with van der Waals surface area (Å²) in [6, 6.07) is -2.14. The highest BCUT2D eigenvalue weighted by Crippen LogP contribution is 2.42. The van der Waals surface area contributed by atoms with Crippen LogP contribution < -0.4 is 58.8 Å². The Morgan fingerprint density at radius 2 is 1.03 bits per heavy atom. The molecule has 89 heavy (non-hydrogen) atoms. The van der Waals surface area contributed by atoms with E-state index in [1.807, 2.05) is 4.90 Å². The third-order valence-electron chi connectivity index (χ3n) is 16.9. The van der Waals surface area contributed by atoms with Crippen LogP contribution in [0.1, 0.15) is 84.9 Å². The Bertz CT molecular complexity index is 3820. The highest BCUT2D eigenvalue weighted by Gasteiger charge is 2.52. The lowest BCUT2D eigenvalue weighted by atomic mass is 10.1. The summed E-state index contributed by atoms with van der Waals surface area (Å²) in [7, 11) is 0. The zero-order chi connectivity index (χ0) is 63.2. The number of hydrogen-bond donors (Lipinski definition) is 12. The summed E-state index contributed by atoms with van der Waals surface area (Å²) in [5, 5.41) is 62.6. The van der Waals surface area contributed by atoms with Crippen molar-refractivity contribution in [2.45, 2.75) is 176 Å². The molecule has 484 valence electrons. The van der Waals surface area contributed by atoms with Gasteiger partial charge in [-0.2, -0.15) is 29.9 Å². The van der Waals surface area contributed by atoms with Gasteiger partial charge < -0.3 is 103 Å². The maximum Gasteiger partial charge on any atom is 0.323 e. The SMILES string of the molecule is CC(C)[C@H](N)C(=O)OC[C@H]1O[C@@H](n2c(=O)sc3c(NC4CCC(O[C@@H]5[C@H](O)[C@@H](COC(=O)[C@@H](N)C(C)C)O[C@H]5n5c(=O)sc6c(N7CCC(O[C@@H]8[C@H](O)[C@@H](CO)O[C@H]8n8c(=O)sc9c(NC%10CC%10)nc(N)nc98)C7)nc(N)nc65)C4)nc(N)nc32)[C@H](O)[C@@H]1O. The molecular formula is C52H71N17O17S3.